The topological polar surface area (TPSA) is 9.23 Å². The van der Waals surface area contributed by atoms with Crippen LogP contribution in [0.5, 0.6) is 5.75 Å². The fraction of sp³-hybridized carbons (Fsp3) is 0.400. The molecule has 1 atom stereocenters. The molecule has 0 radical (unpaired) electrons. The van der Waals surface area contributed by atoms with Crippen LogP contribution in [0.25, 0.3) is 0 Å². The Balaban J connectivity index is 2.65. The van der Waals surface area contributed by atoms with Crippen LogP contribution >= 0.6 is 0 Å². The van der Waals surface area contributed by atoms with E-state index in [1.807, 2.05) is 0 Å². The highest BCUT2D eigenvalue weighted by Gasteiger charge is 2.39. The number of methoxy groups -OCH3 is 1. The Kier molecular flexibility index (Phi) is 3.55. The van der Waals surface area contributed by atoms with E-state index < -0.39 is 18.8 Å². The number of rotatable bonds is 3. The third-order valence-corrected chi connectivity index (χ3v) is 1.93. The van der Waals surface area contributed by atoms with Gasteiger partial charge in [0.2, 0.25) is 0 Å². The smallest absolute Gasteiger partial charge is 0.419 e. The quantitative estimate of drug-likeness (QED) is 0.714. The van der Waals surface area contributed by atoms with Crippen molar-refractivity contribution in [1.29, 1.82) is 0 Å². The minimum absolute atomic E-state index is 0.292. The van der Waals surface area contributed by atoms with Crippen molar-refractivity contribution in [3.05, 3.63) is 29.8 Å². The Bertz CT molecular complexity index is 304. The van der Waals surface area contributed by atoms with Crippen molar-refractivity contribution in [1.82, 2.24) is 0 Å². The van der Waals surface area contributed by atoms with Crippen LogP contribution in [0.1, 0.15) is 5.56 Å². The second kappa shape index (κ2) is 4.51. The number of hydrogen-bond acceptors (Lipinski definition) is 1. The molecule has 0 saturated heterocycles. The van der Waals surface area contributed by atoms with Crippen LogP contribution in [0.15, 0.2) is 24.3 Å². The Labute approximate surface area is 84.7 Å². The van der Waals surface area contributed by atoms with Crippen LogP contribution in [0, 0.1) is 0 Å². The summed E-state index contributed by atoms with van der Waals surface area (Å²) in [5, 5.41) is 0. The molecule has 5 heteroatoms. The predicted octanol–water partition coefficient (Wildman–Crippen LogP) is 3.14. The monoisotopic (exact) mass is 222 g/mol. The summed E-state index contributed by atoms with van der Waals surface area (Å²) < 4.78 is 53.1. The first-order chi connectivity index (χ1) is 6.93. The zero-order valence-electron chi connectivity index (χ0n) is 8.01. The zero-order valence-corrected chi connectivity index (χ0v) is 8.01. The molecular formula is C10H10F4O. The van der Waals surface area contributed by atoms with Gasteiger partial charge in [0.1, 0.15) is 5.75 Å². The fourth-order valence-corrected chi connectivity index (χ4v) is 1.08. The minimum atomic E-state index is -4.79. The average Bonchev–Trinajstić information content (AvgIpc) is 2.17. The van der Waals surface area contributed by atoms with E-state index in [2.05, 4.69) is 0 Å². The van der Waals surface area contributed by atoms with Crippen molar-refractivity contribution in [2.24, 2.45) is 0 Å². The lowest BCUT2D eigenvalue weighted by Gasteiger charge is -2.12. The summed E-state index contributed by atoms with van der Waals surface area (Å²) in [6, 6.07) is 5.82. The standard InChI is InChI=1S/C10H10F4O/c1-15-8-4-2-7(3-5-8)6-9(11)10(12,13)14/h2-5,9H,6H2,1H3. The third-order valence-electron chi connectivity index (χ3n) is 1.93. The highest BCUT2D eigenvalue weighted by Crippen LogP contribution is 2.26. The molecule has 0 bridgehead atoms. The molecule has 0 aromatic heterocycles. The molecule has 0 N–H and O–H groups in total. The van der Waals surface area contributed by atoms with E-state index in [9.17, 15) is 17.6 Å². The SMILES string of the molecule is COc1ccc(CC(F)C(F)(F)F)cc1. The maximum Gasteiger partial charge on any atom is 0.419 e. The molecule has 1 nitrogen and oxygen atoms in total. The molecule has 0 saturated carbocycles. The Hall–Kier alpha value is -1.26. The number of hydrogen-bond donors (Lipinski definition) is 0. The van der Waals surface area contributed by atoms with Crippen molar-refractivity contribution < 1.29 is 22.3 Å². The van der Waals surface area contributed by atoms with Gasteiger partial charge in [0, 0.05) is 6.42 Å². The zero-order chi connectivity index (χ0) is 11.5. The first kappa shape index (κ1) is 11.8. The van der Waals surface area contributed by atoms with E-state index in [1.165, 1.54) is 31.4 Å². The Morgan fingerprint density at radius 2 is 1.73 bits per heavy atom. The number of ether oxygens (including phenoxy) is 1. The summed E-state index contributed by atoms with van der Waals surface area (Å²) in [6.45, 7) is 0. The Morgan fingerprint density at radius 3 is 2.13 bits per heavy atom. The number of alkyl halides is 4. The van der Waals surface area contributed by atoms with E-state index >= 15 is 0 Å². The van der Waals surface area contributed by atoms with Crippen LogP contribution in [0.2, 0.25) is 0 Å². The molecule has 1 aromatic rings. The van der Waals surface area contributed by atoms with E-state index in [0.29, 0.717) is 11.3 Å². The summed E-state index contributed by atoms with van der Waals surface area (Å²) in [4.78, 5) is 0. The van der Waals surface area contributed by atoms with Gasteiger partial charge in [0.25, 0.3) is 0 Å². The van der Waals surface area contributed by atoms with Crippen LogP contribution in [0.4, 0.5) is 17.6 Å². The summed E-state index contributed by atoms with van der Waals surface area (Å²) in [5.41, 5.74) is 0.292. The minimum Gasteiger partial charge on any atom is -0.497 e. The molecule has 0 amide bonds. The van der Waals surface area contributed by atoms with Gasteiger partial charge in [-0.15, -0.1) is 0 Å². The second-order valence-corrected chi connectivity index (χ2v) is 3.06. The first-order valence-electron chi connectivity index (χ1n) is 4.27. The van der Waals surface area contributed by atoms with E-state index in [1.54, 1.807) is 0 Å². The van der Waals surface area contributed by atoms with Crippen LogP contribution in [-0.2, 0) is 6.42 Å². The summed E-state index contributed by atoms with van der Waals surface area (Å²) in [6.07, 6.45) is -8.26. The second-order valence-electron chi connectivity index (χ2n) is 3.06. The first-order valence-corrected chi connectivity index (χ1v) is 4.27. The lowest BCUT2D eigenvalue weighted by atomic mass is 10.1. The van der Waals surface area contributed by atoms with Gasteiger partial charge < -0.3 is 4.74 Å². The summed E-state index contributed by atoms with van der Waals surface area (Å²) in [5.74, 6) is 0.529. The molecule has 1 rings (SSSR count). The van der Waals surface area contributed by atoms with Crippen molar-refractivity contribution >= 4 is 0 Å². The molecular weight excluding hydrogens is 212 g/mol. The van der Waals surface area contributed by atoms with Crippen LogP contribution in [-0.4, -0.2) is 19.5 Å². The highest BCUT2D eigenvalue weighted by atomic mass is 19.4. The van der Waals surface area contributed by atoms with Gasteiger partial charge in [-0.3, -0.25) is 0 Å². The number of benzene rings is 1. The van der Waals surface area contributed by atoms with Gasteiger partial charge in [0.15, 0.2) is 6.17 Å². The van der Waals surface area contributed by atoms with E-state index in [0.717, 1.165) is 0 Å². The summed E-state index contributed by atoms with van der Waals surface area (Å²) >= 11 is 0. The maximum absolute atomic E-state index is 12.6. The number of halogens is 4. The maximum atomic E-state index is 12.6. The lowest BCUT2D eigenvalue weighted by molar-refractivity contribution is -0.179. The van der Waals surface area contributed by atoms with Gasteiger partial charge in [0.05, 0.1) is 7.11 Å². The molecule has 0 spiro atoms. The van der Waals surface area contributed by atoms with Crippen molar-refractivity contribution in [2.45, 2.75) is 18.8 Å². The van der Waals surface area contributed by atoms with Crippen molar-refractivity contribution in [3.63, 3.8) is 0 Å². The van der Waals surface area contributed by atoms with Crippen molar-refractivity contribution in [2.75, 3.05) is 7.11 Å². The fourth-order valence-electron chi connectivity index (χ4n) is 1.08. The van der Waals surface area contributed by atoms with E-state index in [-0.39, 0.29) is 0 Å². The molecule has 1 unspecified atom stereocenters. The molecule has 0 aliphatic carbocycles. The van der Waals surface area contributed by atoms with Gasteiger partial charge in [-0.25, -0.2) is 4.39 Å². The molecule has 0 heterocycles. The molecule has 0 fully saturated rings. The van der Waals surface area contributed by atoms with E-state index in [4.69, 9.17) is 4.74 Å². The predicted molar refractivity (Wildman–Crippen MR) is 47.6 cm³/mol. The van der Waals surface area contributed by atoms with Crippen molar-refractivity contribution in [3.8, 4) is 5.75 Å². The van der Waals surface area contributed by atoms with Crippen LogP contribution < -0.4 is 4.74 Å². The highest BCUT2D eigenvalue weighted by molar-refractivity contribution is 5.27. The van der Waals surface area contributed by atoms with Gasteiger partial charge in [-0.2, -0.15) is 13.2 Å². The van der Waals surface area contributed by atoms with Gasteiger partial charge >= 0.3 is 6.18 Å². The molecule has 15 heavy (non-hydrogen) atoms. The lowest BCUT2D eigenvalue weighted by Crippen LogP contribution is -2.26. The van der Waals surface area contributed by atoms with Gasteiger partial charge in [-0.1, -0.05) is 12.1 Å². The molecule has 1 aromatic carbocycles. The summed E-state index contributed by atoms with van der Waals surface area (Å²) in [7, 11) is 1.45. The third kappa shape index (κ3) is 3.42. The molecule has 0 aliphatic heterocycles. The normalized spacial score (nSPS) is 13.7. The average molecular weight is 222 g/mol. The molecule has 84 valence electrons. The Morgan fingerprint density at radius 1 is 1.20 bits per heavy atom. The van der Waals surface area contributed by atoms with Crippen LogP contribution in [0.3, 0.4) is 0 Å². The largest absolute Gasteiger partial charge is 0.497 e. The van der Waals surface area contributed by atoms with Gasteiger partial charge in [-0.05, 0) is 17.7 Å². The molecule has 0 aliphatic rings.